The van der Waals surface area contributed by atoms with Gasteiger partial charge in [0.15, 0.2) is 0 Å². The number of hydrogen-bond donors (Lipinski definition) is 0. The van der Waals surface area contributed by atoms with Gasteiger partial charge >= 0.3 is 0 Å². The highest BCUT2D eigenvalue weighted by atomic mass is 35.5. The fourth-order valence-electron chi connectivity index (χ4n) is 2.31. The molecule has 0 saturated carbocycles. The summed E-state index contributed by atoms with van der Waals surface area (Å²) in [6, 6.07) is 18.4. The highest BCUT2D eigenvalue weighted by molar-refractivity contribution is 6.30. The van der Waals surface area contributed by atoms with Gasteiger partial charge < -0.3 is 4.90 Å². The average Bonchev–Trinajstić information content (AvgIpc) is 2.89. The lowest BCUT2D eigenvalue weighted by Gasteiger charge is -2.20. The zero-order chi connectivity index (χ0) is 13.1. The Morgan fingerprint density at radius 3 is 2.47 bits per heavy atom. The topological polar surface area (TPSA) is 15.6 Å². The Morgan fingerprint density at radius 2 is 1.74 bits per heavy atom. The van der Waals surface area contributed by atoms with Crippen molar-refractivity contribution in [1.29, 1.82) is 0 Å². The molecular formula is C16H15ClN2. The molecule has 0 spiro atoms. The maximum absolute atomic E-state index is 5.93. The molecule has 96 valence electrons. The molecule has 19 heavy (non-hydrogen) atoms. The van der Waals surface area contributed by atoms with Crippen LogP contribution in [0, 0.1) is 0 Å². The van der Waals surface area contributed by atoms with Crippen molar-refractivity contribution in [3.05, 3.63) is 70.7 Å². The minimum Gasteiger partial charge on any atom is -0.350 e. The van der Waals surface area contributed by atoms with E-state index in [9.17, 15) is 0 Å². The van der Waals surface area contributed by atoms with E-state index in [4.69, 9.17) is 11.6 Å². The number of aliphatic imine (C=N–C) groups is 1. The molecule has 2 aromatic carbocycles. The molecule has 3 heteroatoms. The van der Waals surface area contributed by atoms with Crippen LogP contribution in [0.2, 0.25) is 5.02 Å². The van der Waals surface area contributed by atoms with Crippen LogP contribution in [0.15, 0.2) is 59.6 Å². The van der Waals surface area contributed by atoms with E-state index in [2.05, 4.69) is 34.2 Å². The molecule has 0 N–H and O–H groups in total. The van der Waals surface area contributed by atoms with Gasteiger partial charge in [-0.05, 0) is 29.8 Å². The Labute approximate surface area is 118 Å². The van der Waals surface area contributed by atoms with Gasteiger partial charge in [0.2, 0.25) is 0 Å². The van der Waals surface area contributed by atoms with Crippen molar-refractivity contribution in [3.8, 4) is 0 Å². The number of hydrogen-bond acceptors (Lipinski definition) is 2. The van der Waals surface area contributed by atoms with Crippen LogP contribution in [0.1, 0.15) is 11.1 Å². The van der Waals surface area contributed by atoms with Gasteiger partial charge in [0.05, 0.1) is 6.54 Å². The summed E-state index contributed by atoms with van der Waals surface area (Å²) < 4.78 is 0. The first-order chi connectivity index (χ1) is 9.33. The SMILES string of the molecule is Clc1ccc(C2=NCCN2Cc2ccccc2)cc1. The molecule has 0 atom stereocenters. The number of amidine groups is 1. The van der Waals surface area contributed by atoms with E-state index in [-0.39, 0.29) is 0 Å². The van der Waals surface area contributed by atoms with E-state index < -0.39 is 0 Å². The highest BCUT2D eigenvalue weighted by Crippen LogP contribution is 2.17. The molecule has 0 radical (unpaired) electrons. The fraction of sp³-hybridized carbons (Fsp3) is 0.188. The summed E-state index contributed by atoms with van der Waals surface area (Å²) in [4.78, 5) is 6.93. The number of halogens is 1. The quantitative estimate of drug-likeness (QED) is 0.832. The third-order valence-electron chi connectivity index (χ3n) is 3.25. The van der Waals surface area contributed by atoms with Crippen LogP contribution in [-0.4, -0.2) is 23.8 Å². The van der Waals surface area contributed by atoms with E-state index in [1.165, 1.54) is 5.56 Å². The van der Waals surface area contributed by atoms with Crippen molar-refractivity contribution in [2.75, 3.05) is 13.1 Å². The van der Waals surface area contributed by atoms with Crippen molar-refractivity contribution >= 4 is 17.4 Å². The van der Waals surface area contributed by atoms with Crippen LogP contribution in [0.3, 0.4) is 0 Å². The molecule has 3 rings (SSSR count). The van der Waals surface area contributed by atoms with Gasteiger partial charge in [-0.2, -0.15) is 0 Å². The van der Waals surface area contributed by atoms with Crippen LogP contribution in [0.25, 0.3) is 0 Å². The Hall–Kier alpha value is -1.80. The Balaban J connectivity index is 1.80. The monoisotopic (exact) mass is 270 g/mol. The summed E-state index contributed by atoms with van der Waals surface area (Å²) in [5, 5.41) is 0.761. The Morgan fingerprint density at radius 1 is 1.00 bits per heavy atom. The van der Waals surface area contributed by atoms with Crippen LogP contribution >= 0.6 is 11.6 Å². The smallest absolute Gasteiger partial charge is 0.131 e. The second-order valence-electron chi connectivity index (χ2n) is 4.62. The second kappa shape index (κ2) is 5.45. The third-order valence-corrected chi connectivity index (χ3v) is 3.50. The normalized spacial score (nSPS) is 14.6. The third kappa shape index (κ3) is 2.79. The predicted octanol–water partition coefficient (Wildman–Crippen LogP) is 3.60. The minimum absolute atomic E-state index is 0.761. The molecule has 0 aliphatic carbocycles. The van der Waals surface area contributed by atoms with Crippen molar-refractivity contribution < 1.29 is 0 Å². The zero-order valence-electron chi connectivity index (χ0n) is 10.6. The van der Waals surface area contributed by atoms with Gasteiger partial charge in [-0.3, -0.25) is 4.99 Å². The van der Waals surface area contributed by atoms with Crippen molar-refractivity contribution in [3.63, 3.8) is 0 Å². The van der Waals surface area contributed by atoms with E-state index in [1.807, 2.05) is 30.3 Å². The summed E-state index contributed by atoms with van der Waals surface area (Å²) in [6.07, 6.45) is 0. The van der Waals surface area contributed by atoms with E-state index in [0.29, 0.717) is 0 Å². The molecule has 1 aliphatic heterocycles. The zero-order valence-corrected chi connectivity index (χ0v) is 11.3. The molecule has 0 unspecified atom stereocenters. The highest BCUT2D eigenvalue weighted by Gasteiger charge is 2.18. The molecular weight excluding hydrogens is 256 g/mol. The van der Waals surface area contributed by atoms with Gasteiger partial charge in [0.25, 0.3) is 0 Å². The van der Waals surface area contributed by atoms with Crippen LogP contribution < -0.4 is 0 Å². The maximum atomic E-state index is 5.93. The molecule has 2 nitrogen and oxygen atoms in total. The standard InChI is InChI=1S/C16H15ClN2/c17-15-8-6-14(7-9-15)16-18-10-11-19(16)12-13-4-2-1-3-5-13/h1-9H,10-12H2. The van der Waals surface area contributed by atoms with Crippen molar-refractivity contribution in [1.82, 2.24) is 4.90 Å². The maximum Gasteiger partial charge on any atom is 0.131 e. The summed E-state index contributed by atoms with van der Waals surface area (Å²) in [7, 11) is 0. The minimum atomic E-state index is 0.761. The van der Waals surface area contributed by atoms with Gasteiger partial charge in [-0.1, -0.05) is 41.9 Å². The Kier molecular flexibility index (Phi) is 3.51. The lowest BCUT2D eigenvalue weighted by molar-refractivity contribution is 0.453. The molecule has 1 heterocycles. The summed E-state index contributed by atoms with van der Waals surface area (Å²) >= 11 is 5.93. The first-order valence-electron chi connectivity index (χ1n) is 6.42. The van der Waals surface area contributed by atoms with Gasteiger partial charge in [-0.25, -0.2) is 0 Å². The molecule has 0 aromatic heterocycles. The Bertz CT molecular complexity index is 575. The molecule has 0 saturated heterocycles. The van der Waals surface area contributed by atoms with Gasteiger partial charge in [0.1, 0.15) is 5.84 Å². The summed E-state index contributed by atoms with van der Waals surface area (Å²) in [6.45, 7) is 2.75. The van der Waals surface area contributed by atoms with Gasteiger partial charge in [0, 0.05) is 23.7 Å². The average molecular weight is 271 g/mol. The summed E-state index contributed by atoms with van der Waals surface area (Å²) in [5.74, 6) is 1.07. The first kappa shape index (κ1) is 12.2. The lowest BCUT2D eigenvalue weighted by Crippen LogP contribution is -2.27. The second-order valence-corrected chi connectivity index (χ2v) is 5.06. The molecule has 2 aromatic rings. The summed E-state index contributed by atoms with van der Waals surface area (Å²) in [5.41, 5.74) is 2.45. The predicted molar refractivity (Wildman–Crippen MR) is 79.7 cm³/mol. The largest absolute Gasteiger partial charge is 0.350 e. The number of rotatable bonds is 3. The van der Waals surface area contributed by atoms with Gasteiger partial charge in [-0.15, -0.1) is 0 Å². The lowest BCUT2D eigenvalue weighted by atomic mass is 10.1. The number of nitrogens with zero attached hydrogens (tertiary/aromatic N) is 2. The van der Waals surface area contributed by atoms with Crippen LogP contribution in [-0.2, 0) is 6.54 Å². The first-order valence-corrected chi connectivity index (χ1v) is 6.80. The van der Waals surface area contributed by atoms with Crippen molar-refractivity contribution in [2.24, 2.45) is 4.99 Å². The van der Waals surface area contributed by atoms with Crippen LogP contribution in [0.5, 0.6) is 0 Å². The number of benzene rings is 2. The molecule has 0 bridgehead atoms. The van der Waals surface area contributed by atoms with Crippen LogP contribution in [0.4, 0.5) is 0 Å². The molecule has 1 aliphatic rings. The van der Waals surface area contributed by atoms with Crippen molar-refractivity contribution in [2.45, 2.75) is 6.54 Å². The van der Waals surface area contributed by atoms with E-state index in [0.717, 1.165) is 36.1 Å². The van der Waals surface area contributed by atoms with E-state index in [1.54, 1.807) is 0 Å². The molecule has 0 amide bonds. The molecule has 0 fully saturated rings. The van der Waals surface area contributed by atoms with E-state index >= 15 is 0 Å². The fourth-order valence-corrected chi connectivity index (χ4v) is 2.44.